The van der Waals surface area contributed by atoms with Gasteiger partial charge in [-0.15, -0.1) is 0 Å². The number of rotatable bonds is 9. The average Bonchev–Trinajstić information content (AvgIpc) is 3.49. The summed E-state index contributed by atoms with van der Waals surface area (Å²) in [6.07, 6.45) is -0.981. The number of benzene rings is 1. The first kappa shape index (κ1) is 24.1. The molecule has 34 heavy (non-hydrogen) atoms. The Kier molecular flexibility index (Phi) is 6.37. The fraction of sp³-hybridized carbons (Fsp3) is 0.500. The standard InChI is InChI=1S/C24H28F3N5O2/c1-32(2)16(11-14-4-5-18-15(10-14)12-19(33)31-18)13-17(21(28)34)20(22-29-8-3-9-30-22)23(6-7-23)24(25,26)27/h3-5,8-10,16-17,20H,6-7,11-13H2,1-2H3,(H2,28,34)(H,31,33)/t16-,17?,20?/m1/s1. The second-order valence-electron chi connectivity index (χ2n) is 9.52. The van der Waals surface area contributed by atoms with Crippen LogP contribution in [0, 0.1) is 11.3 Å². The summed E-state index contributed by atoms with van der Waals surface area (Å²) in [6.45, 7) is 0. The molecule has 1 saturated carbocycles. The summed E-state index contributed by atoms with van der Waals surface area (Å²) >= 11 is 0. The SMILES string of the molecule is CN(C)[C@H](Cc1ccc2c(c1)CC(=O)N2)CC(C(N)=O)C(c1ncccn1)C1(C(F)(F)F)CC1. The Morgan fingerprint density at radius 1 is 1.24 bits per heavy atom. The van der Waals surface area contributed by atoms with Crippen molar-refractivity contribution in [3.8, 4) is 0 Å². The molecule has 0 saturated heterocycles. The van der Waals surface area contributed by atoms with Crippen LogP contribution in [-0.2, 0) is 22.4 Å². The molecule has 2 unspecified atom stereocenters. The summed E-state index contributed by atoms with van der Waals surface area (Å²) in [6, 6.07) is 6.91. The number of carbonyl (C=O) groups excluding carboxylic acids is 2. The van der Waals surface area contributed by atoms with Gasteiger partial charge in [0.15, 0.2) is 0 Å². The van der Waals surface area contributed by atoms with Crippen molar-refractivity contribution in [3.05, 3.63) is 53.6 Å². The maximum Gasteiger partial charge on any atom is 0.395 e. The summed E-state index contributed by atoms with van der Waals surface area (Å²) in [7, 11) is 3.65. The van der Waals surface area contributed by atoms with Crippen molar-refractivity contribution in [2.75, 3.05) is 19.4 Å². The van der Waals surface area contributed by atoms with Gasteiger partial charge in [-0.3, -0.25) is 9.59 Å². The highest BCUT2D eigenvalue weighted by atomic mass is 19.4. The minimum Gasteiger partial charge on any atom is -0.369 e. The number of nitrogens with zero attached hydrogens (tertiary/aromatic N) is 3. The Morgan fingerprint density at radius 3 is 2.47 bits per heavy atom. The smallest absolute Gasteiger partial charge is 0.369 e. The maximum atomic E-state index is 14.2. The summed E-state index contributed by atoms with van der Waals surface area (Å²) in [5.74, 6) is -3.21. The minimum atomic E-state index is -4.50. The Labute approximate surface area is 195 Å². The number of nitrogens with two attached hydrogens (primary N) is 1. The molecule has 2 aromatic rings. The third-order valence-corrected chi connectivity index (χ3v) is 7.10. The highest BCUT2D eigenvalue weighted by molar-refractivity contribution is 5.99. The zero-order chi connectivity index (χ0) is 24.7. The van der Waals surface area contributed by atoms with Crippen LogP contribution in [-0.4, -0.2) is 53.0 Å². The lowest BCUT2D eigenvalue weighted by molar-refractivity contribution is -0.199. The van der Waals surface area contributed by atoms with E-state index in [1.165, 1.54) is 18.5 Å². The molecule has 1 aliphatic carbocycles. The van der Waals surface area contributed by atoms with Crippen molar-refractivity contribution >= 4 is 17.5 Å². The number of hydrogen-bond donors (Lipinski definition) is 2. The van der Waals surface area contributed by atoms with Gasteiger partial charge in [0.05, 0.1) is 11.8 Å². The van der Waals surface area contributed by atoms with Crippen molar-refractivity contribution in [2.45, 2.75) is 50.2 Å². The van der Waals surface area contributed by atoms with E-state index in [9.17, 15) is 22.8 Å². The Hall–Kier alpha value is -3.01. The molecule has 0 spiro atoms. The molecule has 2 aliphatic rings. The topological polar surface area (TPSA) is 101 Å². The summed E-state index contributed by atoms with van der Waals surface area (Å²) < 4.78 is 42.6. The van der Waals surface area contributed by atoms with E-state index in [-0.39, 0.29) is 37.0 Å². The van der Waals surface area contributed by atoms with Crippen LogP contribution in [0.3, 0.4) is 0 Å². The van der Waals surface area contributed by atoms with E-state index in [0.29, 0.717) is 12.8 Å². The van der Waals surface area contributed by atoms with Crippen LogP contribution in [0.4, 0.5) is 18.9 Å². The number of aromatic nitrogens is 2. The van der Waals surface area contributed by atoms with Crippen LogP contribution in [0.2, 0.25) is 0 Å². The van der Waals surface area contributed by atoms with Gasteiger partial charge in [0.2, 0.25) is 11.8 Å². The van der Waals surface area contributed by atoms with Gasteiger partial charge < -0.3 is 16.0 Å². The van der Waals surface area contributed by atoms with E-state index < -0.39 is 29.3 Å². The second-order valence-corrected chi connectivity index (χ2v) is 9.52. The first-order valence-corrected chi connectivity index (χ1v) is 11.2. The van der Waals surface area contributed by atoms with Gasteiger partial charge in [-0.05, 0) is 63.0 Å². The molecule has 182 valence electrons. The summed E-state index contributed by atoms with van der Waals surface area (Å²) in [5, 5.41) is 2.79. The molecule has 2 amide bonds. The Morgan fingerprint density at radius 2 is 1.91 bits per heavy atom. The van der Waals surface area contributed by atoms with Gasteiger partial charge in [-0.1, -0.05) is 12.1 Å². The highest BCUT2D eigenvalue weighted by Crippen LogP contribution is 2.67. The molecule has 4 rings (SSSR count). The molecule has 3 N–H and O–H groups in total. The average molecular weight is 476 g/mol. The van der Waals surface area contributed by atoms with Gasteiger partial charge in [-0.2, -0.15) is 13.2 Å². The Bertz CT molecular complexity index is 1070. The van der Waals surface area contributed by atoms with Gasteiger partial charge in [0, 0.05) is 36.0 Å². The molecule has 0 bridgehead atoms. The van der Waals surface area contributed by atoms with Gasteiger partial charge in [-0.25, -0.2) is 9.97 Å². The minimum absolute atomic E-state index is 0.000693. The first-order valence-electron chi connectivity index (χ1n) is 11.2. The van der Waals surface area contributed by atoms with Crippen molar-refractivity contribution in [1.29, 1.82) is 0 Å². The van der Waals surface area contributed by atoms with E-state index in [0.717, 1.165) is 16.8 Å². The third-order valence-electron chi connectivity index (χ3n) is 7.10. The lowest BCUT2D eigenvalue weighted by Gasteiger charge is -2.36. The molecule has 1 aromatic carbocycles. The predicted octanol–water partition coefficient (Wildman–Crippen LogP) is 3.06. The van der Waals surface area contributed by atoms with Crippen LogP contribution in [0.15, 0.2) is 36.7 Å². The van der Waals surface area contributed by atoms with Gasteiger partial charge in [0.25, 0.3) is 0 Å². The number of likely N-dealkylation sites (N-methyl/N-ethyl adjacent to an activating group) is 1. The van der Waals surface area contributed by atoms with E-state index in [1.54, 1.807) is 0 Å². The van der Waals surface area contributed by atoms with Crippen molar-refractivity contribution in [1.82, 2.24) is 14.9 Å². The first-order chi connectivity index (χ1) is 16.0. The fourth-order valence-corrected chi connectivity index (χ4v) is 5.06. The van der Waals surface area contributed by atoms with E-state index in [4.69, 9.17) is 5.73 Å². The predicted molar refractivity (Wildman–Crippen MR) is 120 cm³/mol. The lowest BCUT2D eigenvalue weighted by atomic mass is 9.74. The van der Waals surface area contributed by atoms with Crippen LogP contribution >= 0.6 is 0 Å². The lowest BCUT2D eigenvalue weighted by Crippen LogP contribution is -2.44. The molecule has 7 nitrogen and oxygen atoms in total. The van der Waals surface area contributed by atoms with E-state index >= 15 is 0 Å². The number of nitrogens with one attached hydrogen (secondary N) is 1. The van der Waals surface area contributed by atoms with Crippen LogP contribution in [0.25, 0.3) is 0 Å². The molecule has 2 heterocycles. The molecule has 1 aromatic heterocycles. The number of hydrogen-bond acceptors (Lipinski definition) is 5. The van der Waals surface area contributed by atoms with E-state index in [2.05, 4.69) is 15.3 Å². The fourth-order valence-electron chi connectivity index (χ4n) is 5.06. The zero-order valence-electron chi connectivity index (χ0n) is 19.1. The monoisotopic (exact) mass is 475 g/mol. The van der Waals surface area contributed by atoms with Crippen LogP contribution < -0.4 is 11.1 Å². The van der Waals surface area contributed by atoms with Crippen molar-refractivity contribution < 1.29 is 22.8 Å². The molecule has 0 radical (unpaired) electrons. The summed E-state index contributed by atoms with van der Waals surface area (Å²) in [4.78, 5) is 34.4. The van der Waals surface area contributed by atoms with Gasteiger partial charge in [0.1, 0.15) is 5.82 Å². The van der Waals surface area contributed by atoms with Crippen LogP contribution in [0.1, 0.15) is 42.1 Å². The Balaban J connectivity index is 1.65. The second kappa shape index (κ2) is 8.98. The van der Waals surface area contributed by atoms with Crippen LogP contribution in [0.5, 0.6) is 0 Å². The van der Waals surface area contributed by atoms with Crippen molar-refractivity contribution in [2.24, 2.45) is 17.1 Å². The molecule has 1 fully saturated rings. The largest absolute Gasteiger partial charge is 0.395 e. The quantitative estimate of drug-likeness (QED) is 0.581. The number of carbonyl (C=O) groups is 2. The number of anilines is 1. The highest BCUT2D eigenvalue weighted by Gasteiger charge is 2.69. The number of fused-ring (bicyclic) bond motifs is 1. The number of halogens is 3. The normalized spacial score (nSPS) is 19.3. The molecular formula is C24H28F3N5O2. The molecular weight excluding hydrogens is 447 g/mol. The molecule has 1 aliphatic heterocycles. The van der Waals surface area contributed by atoms with E-state index in [1.807, 2.05) is 37.2 Å². The van der Waals surface area contributed by atoms with Crippen molar-refractivity contribution in [3.63, 3.8) is 0 Å². The maximum absolute atomic E-state index is 14.2. The number of alkyl halides is 3. The number of amides is 2. The zero-order valence-corrected chi connectivity index (χ0v) is 19.1. The number of primary amides is 1. The van der Waals surface area contributed by atoms with Gasteiger partial charge >= 0.3 is 6.18 Å². The molecule has 3 atom stereocenters. The summed E-state index contributed by atoms with van der Waals surface area (Å²) in [5.41, 5.74) is 6.28. The third kappa shape index (κ3) is 4.64. The molecule has 10 heteroatoms.